The molecular formula is C17H14Cl2N2OS. The minimum absolute atomic E-state index is 0.211. The average Bonchev–Trinajstić information content (AvgIpc) is 2.97. The number of carbonyl (C=O) groups excluding carboxylic acids is 1. The minimum Gasteiger partial charge on any atom is -0.360 e. The maximum absolute atomic E-state index is 12.1. The van der Waals surface area contributed by atoms with Gasteiger partial charge in [0.15, 0.2) is 0 Å². The van der Waals surface area contributed by atoms with E-state index in [0.717, 1.165) is 11.3 Å². The second-order valence-electron chi connectivity index (χ2n) is 4.93. The van der Waals surface area contributed by atoms with Crippen molar-refractivity contribution >= 4 is 51.8 Å². The van der Waals surface area contributed by atoms with Crippen molar-refractivity contribution in [1.29, 1.82) is 0 Å². The van der Waals surface area contributed by atoms with Crippen molar-refractivity contribution in [2.75, 3.05) is 12.3 Å². The monoisotopic (exact) mass is 364 g/mol. The predicted octanol–water partition coefficient (Wildman–Crippen LogP) is 5.00. The van der Waals surface area contributed by atoms with E-state index >= 15 is 0 Å². The molecule has 0 aliphatic rings. The van der Waals surface area contributed by atoms with Crippen molar-refractivity contribution in [3.63, 3.8) is 0 Å². The highest BCUT2D eigenvalue weighted by atomic mass is 35.5. The first-order valence-electron chi connectivity index (χ1n) is 7.07. The van der Waals surface area contributed by atoms with Crippen LogP contribution >= 0.6 is 35.0 Å². The molecule has 0 aliphatic heterocycles. The zero-order valence-corrected chi connectivity index (χ0v) is 14.4. The predicted molar refractivity (Wildman–Crippen MR) is 97.8 cm³/mol. The molecule has 2 N–H and O–H groups in total. The number of aromatic nitrogens is 1. The van der Waals surface area contributed by atoms with E-state index in [1.165, 1.54) is 10.3 Å². The number of thioether (sulfide) groups is 1. The highest BCUT2D eigenvalue weighted by Gasteiger charge is 2.10. The van der Waals surface area contributed by atoms with Gasteiger partial charge in [0.25, 0.3) is 5.91 Å². The quantitative estimate of drug-likeness (QED) is 0.494. The molecule has 3 aromatic rings. The summed E-state index contributed by atoms with van der Waals surface area (Å²) >= 11 is 13.6. The molecule has 0 fully saturated rings. The summed E-state index contributed by atoms with van der Waals surface area (Å²) in [4.78, 5) is 16.5. The SMILES string of the molecule is O=C(NCCSc1c[nH]c2ccccc12)c1cc(Cl)ccc1Cl. The molecule has 0 unspecified atom stereocenters. The first kappa shape index (κ1) is 16.2. The van der Waals surface area contributed by atoms with Crippen molar-refractivity contribution in [3.8, 4) is 0 Å². The van der Waals surface area contributed by atoms with E-state index in [-0.39, 0.29) is 5.91 Å². The zero-order chi connectivity index (χ0) is 16.2. The topological polar surface area (TPSA) is 44.9 Å². The Bertz CT molecular complexity index is 847. The number of fused-ring (bicyclic) bond motifs is 1. The smallest absolute Gasteiger partial charge is 0.252 e. The first-order chi connectivity index (χ1) is 11.1. The zero-order valence-electron chi connectivity index (χ0n) is 12.1. The number of para-hydroxylation sites is 1. The van der Waals surface area contributed by atoms with Crippen LogP contribution in [0.3, 0.4) is 0 Å². The third-order valence-electron chi connectivity index (χ3n) is 3.37. The molecule has 3 nitrogen and oxygen atoms in total. The van der Waals surface area contributed by atoms with Crippen LogP contribution in [-0.4, -0.2) is 23.2 Å². The van der Waals surface area contributed by atoms with E-state index in [1.807, 2.05) is 24.4 Å². The molecule has 3 rings (SSSR count). The molecule has 23 heavy (non-hydrogen) atoms. The minimum atomic E-state index is -0.211. The Morgan fingerprint density at radius 3 is 2.87 bits per heavy atom. The standard InChI is InChI=1S/C17H14Cl2N2OS/c18-11-5-6-14(19)13(9-11)17(22)20-7-8-23-16-10-21-15-4-2-1-3-12(15)16/h1-6,9-10,21H,7-8H2,(H,20,22). The van der Waals surface area contributed by atoms with Crippen molar-refractivity contribution < 1.29 is 4.79 Å². The average molecular weight is 365 g/mol. The Labute approximate surface area is 148 Å². The molecule has 1 amide bonds. The van der Waals surface area contributed by atoms with E-state index in [4.69, 9.17) is 23.2 Å². The van der Waals surface area contributed by atoms with Crippen LogP contribution in [0.5, 0.6) is 0 Å². The highest BCUT2D eigenvalue weighted by molar-refractivity contribution is 7.99. The van der Waals surface area contributed by atoms with Gasteiger partial charge in [-0.2, -0.15) is 0 Å². The fraction of sp³-hybridized carbons (Fsp3) is 0.118. The van der Waals surface area contributed by atoms with Crippen LogP contribution in [0.1, 0.15) is 10.4 Å². The largest absolute Gasteiger partial charge is 0.360 e. The Morgan fingerprint density at radius 1 is 1.17 bits per heavy atom. The fourth-order valence-corrected chi connectivity index (χ4v) is 3.53. The van der Waals surface area contributed by atoms with Gasteiger partial charge in [-0.1, -0.05) is 41.4 Å². The maximum atomic E-state index is 12.1. The lowest BCUT2D eigenvalue weighted by molar-refractivity contribution is 0.0956. The number of halogens is 2. The number of rotatable bonds is 5. The second-order valence-corrected chi connectivity index (χ2v) is 6.91. The second kappa shape index (κ2) is 7.30. The third-order valence-corrected chi connectivity index (χ3v) is 4.99. The summed E-state index contributed by atoms with van der Waals surface area (Å²) in [5.41, 5.74) is 1.51. The van der Waals surface area contributed by atoms with Gasteiger partial charge in [-0.25, -0.2) is 0 Å². The van der Waals surface area contributed by atoms with Gasteiger partial charge in [-0.05, 0) is 24.3 Å². The summed E-state index contributed by atoms with van der Waals surface area (Å²) < 4.78 is 0. The number of amides is 1. The third kappa shape index (κ3) is 3.83. The summed E-state index contributed by atoms with van der Waals surface area (Å²) in [6, 6.07) is 13.0. The summed E-state index contributed by atoms with van der Waals surface area (Å²) in [7, 11) is 0. The summed E-state index contributed by atoms with van der Waals surface area (Å²) in [5.74, 6) is 0.559. The maximum Gasteiger partial charge on any atom is 0.252 e. The molecule has 1 aromatic heterocycles. The molecule has 0 spiro atoms. The first-order valence-corrected chi connectivity index (χ1v) is 8.81. The van der Waals surface area contributed by atoms with Gasteiger partial charge in [0, 0.05) is 39.3 Å². The Balaban J connectivity index is 1.55. The Morgan fingerprint density at radius 2 is 2.00 bits per heavy atom. The lowest BCUT2D eigenvalue weighted by atomic mass is 10.2. The molecular weight excluding hydrogens is 351 g/mol. The number of H-pyrrole nitrogens is 1. The van der Waals surface area contributed by atoms with Gasteiger partial charge >= 0.3 is 0 Å². The molecule has 0 aliphatic carbocycles. The van der Waals surface area contributed by atoms with E-state index in [0.29, 0.717) is 22.2 Å². The van der Waals surface area contributed by atoms with E-state index in [1.54, 1.807) is 30.0 Å². The van der Waals surface area contributed by atoms with Gasteiger partial charge in [0.2, 0.25) is 0 Å². The normalized spacial score (nSPS) is 10.9. The van der Waals surface area contributed by atoms with Gasteiger partial charge in [-0.15, -0.1) is 11.8 Å². The Kier molecular flexibility index (Phi) is 5.16. The molecule has 0 saturated carbocycles. The van der Waals surface area contributed by atoms with Crippen LogP contribution in [0.2, 0.25) is 10.0 Å². The van der Waals surface area contributed by atoms with Gasteiger partial charge in [0.1, 0.15) is 0 Å². The Hall–Kier alpha value is -1.62. The van der Waals surface area contributed by atoms with Gasteiger partial charge in [-0.3, -0.25) is 4.79 Å². The van der Waals surface area contributed by atoms with E-state index in [9.17, 15) is 4.79 Å². The molecule has 1 heterocycles. The number of hydrogen-bond donors (Lipinski definition) is 2. The van der Waals surface area contributed by atoms with Gasteiger partial charge < -0.3 is 10.3 Å². The van der Waals surface area contributed by atoms with Crippen molar-refractivity contribution in [3.05, 3.63) is 64.3 Å². The van der Waals surface area contributed by atoms with Crippen LogP contribution in [0.15, 0.2) is 53.6 Å². The summed E-state index contributed by atoms with van der Waals surface area (Å²) in [6.45, 7) is 0.547. The van der Waals surface area contributed by atoms with E-state index < -0.39 is 0 Å². The molecule has 118 valence electrons. The van der Waals surface area contributed by atoms with Crippen LogP contribution in [0.25, 0.3) is 10.9 Å². The van der Waals surface area contributed by atoms with Crippen molar-refractivity contribution in [2.24, 2.45) is 0 Å². The fourth-order valence-electron chi connectivity index (χ4n) is 2.26. The highest BCUT2D eigenvalue weighted by Crippen LogP contribution is 2.27. The van der Waals surface area contributed by atoms with Gasteiger partial charge in [0.05, 0.1) is 10.6 Å². The van der Waals surface area contributed by atoms with Crippen molar-refractivity contribution in [2.45, 2.75) is 4.90 Å². The summed E-state index contributed by atoms with van der Waals surface area (Å²) in [5, 5.41) is 4.95. The van der Waals surface area contributed by atoms with Crippen molar-refractivity contribution in [1.82, 2.24) is 10.3 Å². The lowest BCUT2D eigenvalue weighted by Gasteiger charge is -2.07. The van der Waals surface area contributed by atoms with Crippen LogP contribution in [0, 0.1) is 0 Å². The molecule has 6 heteroatoms. The van der Waals surface area contributed by atoms with Crippen LogP contribution < -0.4 is 5.32 Å². The molecule has 0 radical (unpaired) electrons. The van der Waals surface area contributed by atoms with Crippen LogP contribution in [0.4, 0.5) is 0 Å². The number of benzene rings is 2. The molecule has 0 atom stereocenters. The number of carbonyl (C=O) groups is 1. The molecule has 2 aromatic carbocycles. The molecule has 0 bridgehead atoms. The van der Waals surface area contributed by atoms with E-state index in [2.05, 4.69) is 16.4 Å². The molecule has 0 saturated heterocycles. The van der Waals surface area contributed by atoms with Crippen LogP contribution in [-0.2, 0) is 0 Å². The lowest BCUT2D eigenvalue weighted by Crippen LogP contribution is -2.26. The number of hydrogen-bond acceptors (Lipinski definition) is 2. The number of aromatic amines is 1. The summed E-state index contributed by atoms with van der Waals surface area (Å²) in [6.07, 6.45) is 1.99. The number of nitrogens with one attached hydrogen (secondary N) is 2.